The van der Waals surface area contributed by atoms with Gasteiger partial charge in [0.1, 0.15) is 0 Å². The van der Waals surface area contributed by atoms with Crippen LogP contribution in [-0.2, 0) is 10.0 Å². The normalized spacial score (nSPS) is 12.9. The number of nitrogens with one attached hydrogen (secondary N) is 1. The van der Waals surface area contributed by atoms with Crippen LogP contribution in [0.2, 0.25) is 10.0 Å². The van der Waals surface area contributed by atoms with E-state index in [-0.39, 0.29) is 4.90 Å². The highest BCUT2D eigenvalue weighted by atomic mass is 35.5. The van der Waals surface area contributed by atoms with Crippen LogP contribution in [0.3, 0.4) is 0 Å². The Morgan fingerprint density at radius 2 is 1.48 bits per heavy atom. The zero-order valence-electron chi connectivity index (χ0n) is 16.1. The zero-order valence-corrected chi connectivity index (χ0v) is 18.5. The van der Waals surface area contributed by atoms with E-state index in [1.54, 1.807) is 30.3 Å². The molecule has 0 aliphatic carbocycles. The molecule has 0 saturated heterocycles. The standard InChI is InChI=1S/C22H22Cl2N2O2S/c1-26(2)15-22(18-10-13-20(23)21(24)14-18)25-29(27,28)19-11-8-17(9-12-19)16-6-4-3-5-7-16/h3-14,22,25H,15H2,1-2H3/t22-/m0/s1. The summed E-state index contributed by atoms with van der Waals surface area (Å²) in [6.07, 6.45) is 0. The Balaban J connectivity index is 1.87. The number of likely N-dealkylation sites (N-methyl/N-ethyl adjacent to an activating group) is 1. The summed E-state index contributed by atoms with van der Waals surface area (Å²) in [6, 6.07) is 21.3. The molecule has 0 fully saturated rings. The first kappa shape index (κ1) is 21.8. The molecular weight excluding hydrogens is 427 g/mol. The highest BCUT2D eigenvalue weighted by Crippen LogP contribution is 2.27. The summed E-state index contributed by atoms with van der Waals surface area (Å²) in [6.45, 7) is 0.472. The van der Waals surface area contributed by atoms with Crippen molar-refractivity contribution in [3.63, 3.8) is 0 Å². The van der Waals surface area contributed by atoms with E-state index >= 15 is 0 Å². The first-order valence-electron chi connectivity index (χ1n) is 9.04. The van der Waals surface area contributed by atoms with Crippen LogP contribution in [-0.4, -0.2) is 34.0 Å². The molecule has 29 heavy (non-hydrogen) atoms. The summed E-state index contributed by atoms with van der Waals surface area (Å²) in [5.41, 5.74) is 2.74. The number of benzene rings is 3. The molecule has 7 heteroatoms. The van der Waals surface area contributed by atoms with Crippen LogP contribution in [0.5, 0.6) is 0 Å². The lowest BCUT2D eigenvalue weighted by Gasteiger charge is -2.23. The number of rotatable bonds is 7. The van der Waals surface area contributed by atoms with E-state index in [2.05, 4.69) is 4.72 Å². The second-order valence-electron chi connectivity index (χ2n) is 7.00. The van der Waals surface area contributed by atoms with Gasteiger partial charge in [-0.1, -0.05) is 71.7 Å². The largest absolute Gasteiger partial charge is 0.307 e. The number of sulfonamides is 1. The first-order chi connectivity index (χ1) is 13.8. The molecule has 0 aliphatic heterocycles. The summed E-state index contributed by atoms with van der Waals surface area (Å²) < 4.78 is 28.8. The lowest BCUT2D eigenvalue weighted by Crippen LogP contribution is -2.35. The first-order valence-corrected chi connectivity index (χ1v) is 11.3. The van der Waals surface area contributed by atoms with Crippen LogP contribution in [0, 0.1) is 0 Å². The predicted molar refractivity (Wildman–Crippen MR) is 120 cm³/mol. The molecule has 0 unspecified atom stereocenters. The summed E-state index contributed by atoms with van der Waals surface area (Å²) >= 11 is 12.1. The highest BCUT2D eigenvalue weighted by Gasteiger charge is 2.22. The van der Waals surface area contributed by atoms with Gasteiger partial charge in [-0.05, 0) is 55.1 Å². The fraction of sp³-hybridized carbons (Fsp3) is 0.182. The van der Waals surface area contributed by atoms with Crippen LogP contribution in [0.15, 0.2) is 77.7 Å². The summed E-state index contributed by atoms with van der Waals surface area (Å²) in [4.78, 5) is 2.12. The lowest BCUT2D eigenvalue weighted by atomic mass is 10.1. The second-order valence-corrected chi connectivity index (χ2v) is 9.53. The zero-order chi connectivity index (χ0) is 21.0. The van der Waals surface area contributed by atoms with E-state index in [4.69, 9.17) is 23.2 Å². The van der Waals surface area contributed by atoms with Crippen LogP contribution < -0.4 is 4.72 Å². The van der Waals surface area contributed by atoms with Crippen LogP contribution >= 0.6 is 23.2 Å². The minimum absolute atomic E-state index is 0.209. The highest BCUT2D eigenvalue weighted by molar-refractivity contribution is 7.89. The van der Waals surface area contributed by atoms with Crippen molar-refractivity contribution >= 4 is 33.2 Å². The maximum Gasteiger partial charge on any atom is 0.241 e. The van der Waals surface area contributed by atoms with E-state index in [9.17, 15) is 8.42 Å². The molecule has 1 N–H and O–H groups in total. The van der Waals surface area contributed by atoms with Crippen molar-refractivity contribution in [3.05, 3.63) is 88.4 Å². The van der Waals surface area contributed by atoms with Gasteiger partial charge in [-0.15, -0.1) is 0 Å². The van der Waals surface area contributed by atoms with Gasteiger partial charge in [0.25, 0.3) is 0 Å². The van der Waals surface area contributed by atoms with E-state index in [1.807, 2.05) is 61.5 Å². The van der Waals surface area contributed by atoms with Crippen molar-refractivity contribution in [2.45, 2.75) is 10.9 Å². The van der Waals surface area contributed by atoms with Gasteiger partial charge in [-0.2, -0.15) is 0 Å². The SMILES string of the molecule is CN(C)C[C@H](NS(=O)(=O)c1ccc(-c2ccccc2)cc1)c1ccc(Cl)c(Cl)c1. The van der Waals surface area contributed by atoms with Gasteiger partial charge in [0.05, 0.1) is 21.0 Å². The van der Waals surface area contributed by atoms with Crippen molar-refractivity contribution in [3.8, 4) is 11.1 Å². The van der Waals surface area contributed by atoms with Gasteiger partial charge >= 0.3 is 0 Å². The Bertz CT molecular complexity index is 1070. The van der Waals surface area contributed by atoms with Crippen LogP contribution in [0.1, 0.15) is 11.6 Å². The Morgan fingerprint density at radius 1 is 0.862 bits per heavy atom. The van der Waals surface area contributed by atoms with Gasteiger partial charge < -0.3 is 4.90 Å². The maximum atomic E-state index is 13.0. The average Bonchev–Trinajstić information content (AvgIpc) is 2.70. The third-order valence-electron chi connectivity index (χ3n) is 4.46. The summed E-state index contributed by atoms with van der Waals surface area (Å²) in [5.74, 6) is 0. The van der Waals surface area contributed by atoms with E-state index < -0.39 is 16.1 Å². The molecule has 0 amide bonds. The van der Waals surface area contributed by atoms with Crippen molar-refractivity contribution in [2.75, 3.05) is 20.6 Å². The quantitative estimate of drug-likeness (QED) is 0.537. The molecule has 0 aromatic heterocycles. The molecule has 0 spiro atoms. The van der Waals surface area contributed by atoms with Gasteiger partial charge in [-0.25, -0.2) is 13.1 Å². The maximum absolute atomic E-state index is 13.0. The third kappa shape index (κ3) is 5.59. The van der Waals surface area contributed by atoms with Gasteiger partial charge in [-0.3, -0.25) is 0 Å². The fourth-order valence-electron chi connectivity index (χ4n) is 3.02. The molecule has 0 saturated carbocycles. The Labute approximate surface area is 182 Å². The van der Waals surface area contributed by atoms with Crippen LogP contribution in [0.25, 0.3) is 11.1 Å². The monoisotopic (exact) mass is 448 g/mol. The smallest absolute Gasteiger partial charge is 0.241 e. The minimum atomic E-state index is -3.73. The molecular formula is C22H22Cl2N2O2S. The van der Waals surface area contributed by atoms with Gasteiger partial charge in [0.2, 0.25) is 10.0 Å². The number of halogens is 2. The van der Waals surface area contributed by atoms with E-state index in [0.717, 1.165) is 16.7 Å². The Kier molecular flexibility index (Phi) is 6.98. The number of nitrogens with zero attached hydrogens (tertiary/aromatic N) is 1. The summed E-state index contributed by atoms with van der Waals surface area (Å²) in [7, 11) is 0.0369. The van der Waals surface area contributed by atoms with Crippen molar-refractivity contribution in [1.82, 2.24) is 9.62 Å². The van der Waals surface area contributed by atoms with Crippen molar-refractivity contribution in [1.29, 1.82) is 0 Å². The molecule has 0 radical (unpaired) electrons. The van der Waals surface area contributed by atoms with E-state index in [1.165, 1.54) is 0 Å². The Hall–Kier alpha value is -1.89. The molecule has 152 valence electrons. The predicted octanol–water partition coefficient (Wildman–Crippen LogP) is 5.24. The van der Waals surface area contributed by atoms with Crippen LogP contribution in [0.4, 0.5) is 0 Å². The molecule has 3 aromatic rings. The summed E-state index contributed by atoms with van der Waals surface area (Å²) in [5, 5.41) is 0.817. The molecule has 3 aromatic carbocycles. The molecule has 4 nitrogen and oxygen atoms in total. The average molecular weight is 449 g/mol. The lowest BCUT2D eigenvalue weighted by molar-refractivity contribution is 0.363. The Morgan fingerprint density at radius 3 is 2.07 bits per heavy atom. The van der Waals surface area contributed by atoms with E-state index in [0.29, 0.717) is 16.6 Å². The molecule has 0 heterocycles. The second kappa shape index (κ2) is 9.28. The minimum Gasteiger partial charge on any atom is -0.307 e. The van der Waals surface area contributed by atoms with Gasteiger partial charge in [0, 0.05) is 6.54 Å². The molecule has 0 aliphatic rings. The molecule has 3 rings (SSSR count). The van der Waals surface area contributed by atoms with Crippen molar-refractivity contribution in [2.24, 2.45) is 0 Å². The topological polar surface area (TPSA) is 49.4 Å². The molecule has 0 bridgehead atoms. The van der Waals surface area contributed by atoms with Crippen molar-refractivity contribution < 1.29 is 8.42 Å². The molecule has 1 atom stereocenters. The number of hydrogen-bond acceptors (Lipinski definition) is 3. The number of hydrogen-bond donors (Lipinski definition) is 1. The fourth-order valence-corrected chi connectivity index (χ4v) is 4.54. The third-order valence-corrected chi connectivity index (χ3v) is 6.69. The van der Waals surface area contributed by atoms with Gasteiger partial charge in [0.15, 0.2) is 0 Å².